The van der Waals surface area contributed by atoms with Crippen LogP contribution in [0.1, 0.15) is 23.6 Å². The lowest BCUT2D eigenvalue weighted by Gasteiger charge is -2.05. The molecular weight excluding hydrogens is 460 g/mol. The van der Waals surface area contributed by atoms with Crippen LogP contribution in [0, 0.1) is 10.1 Å². The van der Waals surface area contributed by atoms with Crippen LogP contribution >= 0.6 is 11.8 Å². The number of thioether (sulfide) groups is 1. The molecule has 0 aliphatic carbocycles. The molecule has 1 fully saturated rings. The van der Waals surface area contributed by atoms with Gasteiger partial charge in [-0.2, -0.15) is 0 Å². The minimum absolute atomic E-state index is 0.0691. The van der Waals surface area contributed by atoms with E-state index >= 15 is 0 Å². The van der Waals surface area contributed by atoms with Gasteiger partial charge >= 0.3 is 0 Å². The lowest BCUT2D eigenvalue weighted by Crippen LogP contribution is -2.19. The van der Waals surface area contributed by atoms with Crippen molar-refractivity contribution in [3.05, 3.63) is 111 Å². The maximum Gasteiger partial charge on any atom is 0.269 e. The van der Waals surface area contributed by atoms with E-state index in [4.69, 9.17) is 0 Å². The van der Waals surface area contributed by atoms with Crippen molar-refractivity contribution in [3.63, 3.8) is 0 Å². The molecule has 1 saturated heterocycles. The lowest BCUT2D eigenvalue weighted by atomic mass is 10.1. The van der Waals surface area contributed by atoms with Crippen LogP contribution in [-0.2, 0) is 17.8 Å². The van der Waals surface area contributed by atoms with Crippen LogP contribution in [0.15, 0.2) is 88.9 Å². The molecule has 5 rings (SSSR count). The Kier molecular flexibility index (Phi) is 6.20. The molecule has 0 unspecified atom stereocenters. The van der Waals surface area contributed by atoms with Crippen molar-refractivity contribution in [3.8, 4) is 0 Å². The van der Waals surface area contributed by atoms with Gasteiger partial charge in [0.1, 0.15) is 0 Å². The highest BCUT2D eigenvalue weighted by Gasteiger charge is 2.24. The molecule has 1 aliphatic rings. The fraction of sp³-hybridized carbons (Fsp3) is 0.111. The number of benzene rings is 3. The van der Waals surface area contributed by atoms with E-state index in [-0.39, 0.29) is 11.6 Å². The molecule has 0 bridgehead atoms. The van der Waals surface area contributed by atoms with Gasteiger partial charge in [0.15, 0.2) is 5.17 Å². The van der Waals surface area contributed by atoms with Gasteiger partial charge < -0.3 is 9.88 Å². The van der Waals surface area contributed by atoms with Crippen molar-refractivity contribution in [1.29, 1.82) is 0 Å². The molecule has 4 aromatic rings. The third-order valence-corrected chi connectivity index (χ3v) is 6.74. The first-order valence-electron chi connectivity index (χ1n) is 11.2. The quantitative estimate of drug-likeness (QED) is 0.206. The maximum absolute atomic E-state index is 12.7. The zero-order valence-electron chi connectivity index (χ0n) is 19.0. The highest BCUT2D eigenvalue weighted by Crippen LogP contribution is 2.31. The largest absolute Gasteiger partial charge is 0.342 e. The number of carbonyl (C=O) groups is 1. The number of nitro benzene ring substituents is 1. The standard InChI is InChI=1S/C27H22N4O3S/c1-2-18-7-11-21(12-8-18)28-27-29-26(32)25(35-27)15-20-17-30(24-6-4-3-5-23(20)24)16-19-9-13-22(14-10-19)31(33)34/h3-15,17H,2,16H2,1H3,(H,28,29,32)/b25-15-. The predicted molar refractivity (Wildman–Crippen MR) is 141 cm³/mol. The molecule has 2 heterocycles. The van der Waals surface area contributed by atoms with Crippen molar-refractivity contribution in [2.24, 2.45) is 4.99 Å². The van der Waals surface area contributed by atoms with E-state index in [1.807, 2.05) is 60.8 Å². The number of hydrogen-bond donors (Lipinski definition) is 1. The lowest BCUT2D eigenvalue weighted by molar-refractivity contribution is -0.384. The Hall–Kier alpha value is -4.17. The fourth-order valence-electron chi connectivity index (χ4n) is 3.99. The van der Waals surface area contributed by atoms with Crippen LogP contribution in [0.2, 0.25) is 0 Å². The number of nitrogens with one attached hydrogen (secondary N) is 1. The van der Waals surface area contributed by atoms with Crippen LogP contribution in [0.5, 0.6) is 0 Å². The van der Waals surface area contributed by atoms with Gasteiger partial charge in [-0.3, -0.25) is 14.9 Å². The number of rotatable bonds is 6. The molecule has 0 spiro atoms. The zero-order valence-corrected chi connectivity index (χ0v) is 19.8. The van der Waals surface area contributed by atoms with Gasteiger partial charge in [0, 0.05) is 41.3 Å². The second-order valence-corrected chi connectivity index (χ2v) is 9.19. The van der Waals surface area contributed by atoms with Crippen LogP contribution in [0.25, 0.3) is 17.0 Å². The Morgan fingerprint density at radius 3 is 2.46 bits per heavy atom. The molecule has 3 aromatic carbocycles. The Bertz CT molecular complexity index is 1490. The second kappa shape index (κ2) is 9.60. The van der Waals surface area contributed by atoms with Crippen molar-refractivity contribution >= 4 is 51.2 Å². The smallest absolute Gasteiger partial charge is 0.269 e. The topological polar surface area (TPSA) is 89.5 Å². The minimum Gasteiger partial charge on any atom is -0.342 e. The molecule has 0 atom stereocenters. The molecule has 7 nitrogen and oxygen atoms in total. The van der Waals surface area contributed by atoms with Gasteiger partial charge in [0.25, 0.3) is 11.6 Å². The molecule has 1 aromatic heterocycles. The number of nitro groups is 1. The number of non-ortho nitro benzene ring substituents is 1. The monoisotopic (exact) mass is 482 g/mol. The van der Waals surface area contributed by atoms with E-state index < -0.39 is 4.92 Å². The summed E-state index contributed by atoms with van der Waals surface area (Å²) in [6.45, 7) is 2.66. The minimum atomic E-state index is -0.402. The number of amides is 1. The Morgan fingerprint density at radius 1 is 1.03 bits per heavy atom. The summed E-state index contributed by atoms with van der Waals surface area (Å²) in [6.07, 6.45) is 4.86. The van der Waals surface area contributed by atoms with E-state index in [1.54, 1.807) is 12.1 Å². The number of nitrogens with zero attached hydrogens (tertiary/aromatic N) is 3. The fourth-order valence-corrected chi connectivity index (χ4v) is 4.82. The second-order valence-electron chi connectivity index (χ2n) is 8.15. The predicted octanol–water partition coefficient (Wildman–Crippen LogP) is 6.05. The molecule has 8 heteroatoms. The van der Waals surface area contributed by atoms with Crippen molar-refractivity contribution < 1.29 is 9.72 Å². The zero-order chi connectivity index (χ0) is 24.4. The van der Waals surface area contributed by atoms with Crippen molar-refractivity contribution in [2.45, 2.75) is 19.9 Å². The van der Waals surface area contributed by atoms with Gasteiger partial charge in [0.05, 0.1) is 15.5 Å². The normalized spacial score (nSPS) is 15.7. The molecule has 1 aliphatic heterocycles. The summed E-state index contributed by atoms with van der Waals surface area (Å²) in [6, 6.07) is 22.5. The summed E-state index contributed by atoms with van der Waals surface area (Å²) in [5, 5.41) is 15.4. The number of fused-ring (bicyclic) bond motifs is 1. The van der Waals surface area contributed by atoms with Crippen LogP contribution in [0.3, 0.4) is 0 Å². The van der Waals surface area contributed by atoms with Gasteiger partial charge in [0.2, 0.25) is 0 Å². The summed E-state index contributed by atoms with van der Waals surface area (Å²) in [4.78, 5) is 28.3. The van der Waals surface area contributed by atoms with Crippen molar-refractivity contribution in [1.82, 2.24) is 9.88 Å². The number of aliphatic imine (C=N–C) groups is 1. The van der Waals surface area contributed by atoms with E-state index in [9.17, 15) is 14.9 Å². The van der Waals surface area contributed by atoms with E-state index in [0.717, 1.165) is 34.1 Å². The molecule has 174 valence electrons. The number of aromatic nitrogens is 1. The molecular formula is C27H22N4O3S. The first-order chi connectivity index (χ1) is 17.0. The third-order valence-electron chi connectivity index (χ3n) is 5.83. The van der Waals surface area contributed by atoms with Gasteiger partial charge in [-0.1, -0.05) is 49.4 Å². The van der Waals surface area contributed by atoms with Crippen LogP contribution in [-0.4, -0.2) is 20.6 Å². The molecule has 0 radical (unpaired) electrons. The van der Waals surface area contributed by atoms with Crippen LogP contribution < -0.4 is 5.32 Å². The Morgan fingerprint density at radius 2 is 1.74 bits per heavy atom. The van der Waals surface area contributed by atoms with Gasteiger partial charge in [-0.05, 0) is 53.6 Å². The van der Waals surface area contributed by atoms with E-state index in [0.29, 0.717) is 16.6 Å². The number of aryl methyl sites for hydroxylation is 1. The Balaban J connectivity index is 1.42. The average molecular weight is 483 g/mol. The molecule has 35 heavy (non-hydrogen) atoms. The summed E-state index contributed by atoms with van der Waals surface area (Å²) in [5.74, 6) is -0.175. The number of para-hydroxylation sites is 1. The summed E-state index contributed by atoms with van der Waals surface area (Å²) in [7, 11) is 0. The molecule has 1 N–H and O–H groups in total. The number of amidine groups is 1. The van der Waals surface area contributed by atoms with Crippen molar-refractivity contribution in [2.75, 3.05) is 0 Å². The summed E-state index contributed by atoms with van der Waals surface area (Å²) >= 11 is 1.32. The SMILES string of the molecule is CCc1ccc(N=C2NC(=O)/C(=C/c3cn(Cc4ccc([N+](=O)[O-])cc4)c4ccccc34)S2)cc1. The van der Waals surface area contributed by atoms with E-state index in [2.05, 4.69) is 21.8 Å². The maximum atomic E-state index is 12.7. The van der Waals surface area contributed by atoms with Crippen LogP contribution in [0.4, 0.5) is 11.4 Å². The number of hydrogen-bond acceptors (Lipinski definition) is 5. The Labute approximate surface area is 206 Å². The van der Waals surface area contributed by atoms with Gasteiger partial charge in [-0.15, -0.1) is 0 Å². The highest BCUT2D eigenvalue weighted by atomic mass is 32.2. The number of carbonyl (C=O) groups excluding carboxylic acids is 1. The van der Waals surface area contributed by atoms with E-state index in [1.165, 1.54) is 29.5 Å². The highest BCUT2D eigenvalue weighted by molar-refractivity contribution is 8.18. The summed E-state index contributed by atoms with van der Waals surface area (Å²) < 4.78 is 2.09. The summed E-state index contributed by atoms with van der Waals surface area (Å²) in [5.41, 5.74) is 5.00. The first kappa shape index (κ1) is 22.6. The average Bonchev–Trinajstić information content (AvgIpc) is 3.39. The third kappa shape index (κ3) is 4.88. The van der Waals surface area contributed by atoms with Gasteiger partial charge in [-0.25, -0.2) is 4.99 Å². The molecule has 1 amide bonds. The molecule has 0 saturated carbocycles. The first-order valence-corrected chi connectivity index (χ1v) is 12.0.